The molecule has 17 heavy (non-hydrogen) atoms. The smallest absolute Gasteiger partial charge is 0.129 e. The minimum atomic E-state index is -1.25. The van der Waals surface area contributed by atoms with Gasteiger partial charge < -0.3 is 24.3 Å². The fourth-order valence-corrected chi connectivity index (χ4v) is 1.76. The number of hydrogen-bond donors (Lipinski definition) is 1. The highest BCUT2D eigenvalue weighted by Crippen LogP contribution is 2.26. The number of carbonyl (C=O) groups excluding carboxylic acids is 1. The molecule has 5 nitrogen and oxygen atoms in total. The first kappa shape index (κ1) is 11.5. The van der Waals surface area contributed by atoms with Crippen LogP contribution in [0.15, 0.2) is 30.5 Å². The van der Waals surface area contributed by atoms with Crippen molar-refractivity contribution in [3.8, 4) is 5.75 Å². The zero-order valence-corrected chi connectivity index (χ0v) is 9.13. The highest BCUT2D eigenvalue weighted by molar-refractivity contribution is 5.86. The summed E-state index contributed by atoms with van der Waals surface area (Å²) in [7, 11) is 0. The first-order valence-electron chi connectivity index (χ1n) is 5.23. The number of carboxylic acid groups (broad SMARTS) is 1. The number of fused-ring (bicyclic) bond motifs is 1. The van der Waals surface area contributed by atoms with Gasteiger partial charge in [0.05, 0.1) is 18.1 Å². The van der Waals surface area contributed by atoms with E-state index in [4.69, 9.17) is 9.84 Å². The molecule has 2 rings (SSSR count). The summed E-state index contributed by atoms with van der Waals surface area (Å²) in [5.41, 5.74) is 0.898. The van der Waals surface area contributed by atoms with Gasteiger partial charge in [-0.2, -0.15) is 0 Å². The average Bonchev–Trinajstić information content (AvgIpc) is 2.71. The normalized spacial score (nSPS) is 10.6. The molecule has 0 aliphatic carbocycles. The average molecular weight is 234 g/mol. The van der Waals surface area contributed by atoms with E-state index in [-0.39, 0.29) is 6.61 Å². The van der Waals surface area contributed by atoms with E-state index in [0.717, 1.165) is 10.9 Å². The third-order valence-corrected chi connectivity index (χ3v) is 2.46. The number of aromatic nitrogens is 1. The van der Waals surface area contributed by atoms with Crippen molar-refractivity contribution in [2.45, 2.75) is 6.54 Å². The Bertz CT molecular complexity index is 532. The fourth-order valence-electron chi connectivity index (χ4n) is 1.76. The lowest BCUT2D eigenvalue weighted by molar-refractivity contribution is -0.307. The molecule has 0 spiro atoms. The number of nitrogens with zero attached hydrogens (tertiary/aromatic N) is 1. The molecule has 0 unspecified atom stereocenters. The Kier molecular flexibility index (Phi) is 3.30. The molecule has 2 aromatic rings. The zero-order chi connectivity index (χ0) is 12.3. The SMILES string of the molecule is O=C([O-])COc1cccc2c1ccn2CCO. The highest BCUT2D eigenvalue weighted by Gasteiger charge is 2.06. The second-order valence-electron chi connectivity index (χ2n) is 3.58. The summed E-state index contributed by atoms with van der Waals surface area (Å²) in [5.74, 6) is -0.750. The molecular weight excluding hydrogens is 222 g/mol. The Hall–Kier alpha value is -2.01. The monoisotopic (exact) mass is 234 g/mol. The Balaban J connectivity index is 2.34. The summed E-state index contributed by atoms with van der Waals surface area (Å²) in [5, 5.41) is 20.1. The first-order valence-corrected chi connectivity index (χ1v) is 5.23. The number of aliphatic hydroxyl groups is 1. The Labute approximate surface area is 97.9 Å². The van der Waals surface area contributed by atoms with Crippen LogP contribution in [0, 0.1) is 0 Å². The molecule has 0 amide bonds. The van der Waals surface area contributed by atoms with Crippen molar-refractivity contribution in [3.63, 3.8) is 0 Å². The lowest BCUT2D eigenvalue weighted by Crippen LogP contribution is -2.28. The Morgan fingerprint density at radius 3 is 2.94 bits per heavy atom. The molecule has 0 aliphatic heterocycles. The first-order chi connectivity index (χ1) is 8.22. The van der Waals surface area contributed by atoms with E-state index in [1.165, 1.54) is 0 Å². The van der Waals surface area contributed by atoms with Crippen molar-refractivity contribution < 1.29 is 19.7 Å². The fraction of sp³-hybridized carbons (Fsp3) is 0.250. The van der Waals surface area contributed by atoms with Crippen LogP contribution in [0.5, 0.6) is 5.75 Å². The summed E-state index contributed by atoms with van der Waals surface area (Å²) in [6.45, 7) is 0.0750. The number of hydrogen-bond acceptors (Lipinski definition) is 4. The minimum Gasteiger partial charge on any atom is -0.546 e. The second kappa shape index (κ2) is 4.88. The van der Waals surface area contributed by atoms with Gasteiger partial charge in [-0.05, 0) is 18.2 Å². The molecular formula is C12H12NO4-. The third-order valence-electron chi connectivity index (χ3n) is 2.46. The molecule has 0 atom stereocenters. The van der Waals surface area contributed by atoms with E-state index in [1.807, 2.05) is 22.9 Å². The summed E-state index contributed by atoms with van der Waals surface area (Å²) < 4.78 is 7.01. The number of benzene rings is 1. The van der Waals surface area contributed by atoms with Gasteiger partial charge in [0.1, 0.15) is 12.4 Å². The van der Waals surface area contributed by atoms with Crippen molar-refractivity contribution in [2.75, 3.05) is 13.2 Å². The molecule has 0 saturated carbocycles. The standard InChI is InChI=1S/C12H13NO4/c14-7-6-13-5-4-9-10(13)2-1-3-11(9)17-8-12(15)16/h1-5,14H,6-8H2,(H,15,16)/p-1. The predicted octanol–water partition coefficient (Wildman–Crippen LogP) is -0.238. The summed E-state index contributed by atoms with van der Waals surface area (Å²) in [6.07, 6.45) is 1.83. The largest absolute Gasteiger partial charge is 0.546 e. The van der Waals surface area contributed by atoms with Crippen LogP contribution in [-0.4, -0.2) is 28.9 Å². The van der Waals surface area contributed by atoms with Gasteiger partial charge in [0.25, 0.3) is 0 Å². The molecule has 90 valence electrons. The quantitative estimate of drug-likeness (QED) is 0.775. The molecule has 5 heteroatoms. The molecule has 0 aliphatic rings. The van der Waals surface area contributed by atoms with Crippen molar-refractivity contribution in [3.05, 3.63) is 30.5 Å². The lowest BCUT2D eigenvalue weighted by atomic mass is 10.2. The summed E-state index contributed by atoms with van der Waals surface area (Å²) in [4.78, 5) is 10.3. The Morgan fingerprint density at radius 2 is 2.24 bits per heavy atom. The predicted molar refractivity (Wildman–Crippen MR) is 59.5 cm³/mol. The second-order valence-corrected chi connectivity index (χ2v) is 3.58. The number of rotatable bonds is 5. The van der Waals surface area contributed by atoms with Gasteiger partial charge in [-0.1, -0.05) is 6.07 Å². The third kappa shape index (κ3) is 2.39. The van der Waals surface area contributed by atoms with E-state index >= 15 is 0 Å². The van der Waals surface area contributed by atoms with E-state index in [0.29, 0.717) is 12.3 Å². The van der Waals surface area contributed by atoms with Gasteiger partial charge in [0.2, 0.25) is 0 Å². The maximum absolute atomic E-state index is 10.3. The molecule has 1 N–H and O–H groups in total. The van der Waals surface area contributed by atoms with E-state index in [2.05, 4.69) is 0 Å². The van der Waals surface area contributed by atoms with Crippen LogP contribution >= 0.6 is 0 Å². The summed E-state index contributed by atoms with van der Waals surface area (Å²) in [6, 6.07) is 7.20. The van der Waals surface area contributed by atoms with Gasteiger partial charge >= 0.3 is 0 Å². The zero-order valence-electron chi connectivity index (χ0n) is 9.13. The van der Waals surface area contributed by atoms with Crippen LogP contribution < -0.4 is 9.84 Å². The van der Waals surface area contributed by atoms with Crippen LogP contribution in [-0.2, 0) is 11.3 Å². The van der Waals surface area contributed by atoms with Gasteiger partial charge in [-0.3, -0.25) is 0 Å². The number of aliphatic carboxylic acids is 1. The summed E-state index contributed by atoms with van der Waals surface area (Å²) >= 11 is 0. The number of aliphatic hydroxyl groups excluding tert-OH is 1. The van der Waals surface area contributed by atoms with Crippen LogP contribution in [0.1, 0.15) is 0 Å². The molecule has 1 aromatic heterocycles. The maximum atomic E-state index is 10.3. The van der Waals surface area contributed by atoms with Gasteiger partial charge in [0, 0.05) is 18.1 Å². The molecule has 1 aromatic carbocycles. The lowest BCUT2D eigenvalue weighted by Gasteiger charge is -2.08. The van der Waals surface area contributed by atoms with E-state index in [9.17, 15) is 9.90 Å². The van der Waals surface area contributed by atoms with Crippen molar-refractivity contribution >= 4 is 16.9 Å². The van der Waals surface area contributed by atoms with Gasteiger partial charge in [-0.25, -0.2) is 0 Å². The van der Waals surface area contributed by atoms with Crippen LogP contribution in [0.25, 0.3) is 10.9 Å². The van der Waals surface area contributed by atoms with E-state index in [1.54, 1.807) is 12.1 Å². The highest BCUT2D eigenvalue weighted by atomic mass is 16.5. The number of ether oxygens (including phenoxy) is 1. The van der Waals surface area contributed by atoms with Crippen molar-refractivity contribution in [2.24, 2.45) is 0 Å². The molecule has 0 radical (unpaired) electrons. The minimum absolute atomic E-state index is 0.0495. The van der Waals surface area contributed by atoms with Crippen LogP contribution in [0.2, 0.25) is 0 Å². The van der Waals surface area contributed by atoms with Crippen LogP contribution in [0.4, 0.5) is 0 Å². The molecule has 0 saturated heterocycles. The number of carbonyl (C=O) groups is 1. The molecule has 1 heterocycles. The van der Waals surface area contributed by atoms with Crippen molar-refractivity contribution in [1.82, 2.24) is 4.57 Å². The number of carboxylic acids is 1. The van der Waals surface area contributed by atoms with Crippen molar-refractivity contribution in [1.29, 1.82) is 0 Å². The van der Waals surface area contributed by atoms with Crippen LogP contribution in [0.3, 0.4) is 0 Å². The molecule has 0 fully saturated rings. The van der Waals surface area contributed by atoms with Gasteiger partial charge in [0.15, 0.2) is 0 Å². The Morgan fingerprint density at radius 1 is 1.41 bits per heavy atom. The molecule has 0 bridgehead atoms. The topological polar surface area (TPSA) is 74.5 Å². The van der Waals surface area contributed by atoms with E-state index < -0.39 is 12.6 Å². The maximum Gasteiger partial charge on any atom is 0.129 e. The van der Waals surface area contributed by atoms with Gasteiger partial charge in [-0.15, -0.1) is 0 Å².